The third-order valence-corrected chi connectivity index (χ3v) is 5.03. The van der Waals surface area contributed by atoms with Crippen molar-refractivity contribution in [1.82, 2.24) is 0 Å². The van der Waals surface area contributed by atoms with Gasteiger partial charge in [-0.05, 0) is 47.2 Å². The number of rotatable bonds is 6. The van der Waals surface area contributed by atoms with E-state index >= 15 is 0 Å². The van der Waals surface area contributed by atoms with Crippen LogP contribution in [0, 0.1) is 0 Å². The summed E-state index contributed by atoms with van der Waals surface area (Å²) in [6.45, 7) is 0.548. The number of carboxylic acids is 1. The van der Waals surface area contributed by atoms with Crippen molar-refractivity contribution >= 4 is 5.97 Å². The predicted octanol–water partition coefficient (Wildman–Crippen LogP) is 5.05. The summed E-state index contributed by atoms with van der Waals surface area (Å²) in [7, 11) is 0. The summed E-state index contributed by atoms with van der Waals surface area (Å²) in [6.07, 6.45) is 1.46. The second-order valence-corrected chi connectivity index (χ2v) is 6.76. The van der Waals surface area contributed by atoms with Crippen molar-refractivity contribution in [2.75, 3.05) is 0 Å². The molecule has 3 heteroatoms. The minimum atomic E-state index is -0.717. The maximum absolute atomic E-state index is 11.4. The topological polar surface area (TPSA) is 46.5 Å². The van der Waals surface area contributed by atoms with E-state index in [1.807, 2.05) is 78.9 Å². The normalized spacial score (nSPS) is 14.6. The van der Waals surface area contributed by atoms with Crippen LogP contribution in [0.5, 0.6) is 5.75 Å². The van der Waals surface area contributed by atoms with Crippen molar-refractivity contribution in [3.63, 3.8) is 0 Å². The first-order chi connectivity index (χ1) is 12.7. The Bertz CT molecular complexity index is 892. The summed E-state index contributed by atoms with van der Waals surface area (Å²) < 4.78 is 5.82. The smallest absolute Gasteiger partial charge is 0.314 e. The van der Waals surface area contributed by atoms with Gasteiger partial charge >= 0.3 is 5.97 Å². The largest absolute Gasteiger partial charge is 0.489 e. The van der Waals surface area contributed by atoms with Crippen LogP contribution in [0.25, 0.3) is 11.1 Å². The Morgan fingerprint density at radius 3 is 1.96 bits per heavy atom. The molecule has 26 heavy (non-hydrogen) atoms. The molecule has 1 aliphatic rings. The molecule has 1 aliphatic carbocycles. The zero-order valence-corrected chi connectivity index (χ0v) is 14.4. The molecule has 0 heterocycles. The SMILES string of the molecule is O=C(O)C1(c2ccc(-c3ccc(OCc4ccccc4)cc3)cc2)CC1. The highest BCUT2D eigenvalue weighted by atomic mass is 16.5. The molecular weight excluding hydrogens is 324 g/mol. The number of carboxylic acid groups (broad SMARTS) is 1. The van der Waals surface area contributed by atoms with Gasteiger partial charge in [-0.1, -0.05) is 66.7 Å². The van der Waals surface area contributed by atoms with Crippen LogP contribution in [0.1, 0.15) is 24.0 Å². The Hall–Kier alpha value is -3.07. The summed E-state index contributed by atoms with van der Waals surface area (Å²) >= 11 is 0. The number of ether oxygens (including phenoxy) is 1. The van der Waals surface area contributed by atoms with Crippen LogP contribution in [-0.2, 0) is 16.8 Å². The minimum absolute atomic E-state index is 0.548. The molecule has 0 aliphatic heterocycles. The fourth-order valence-corrected chi connectivity index (χ4v) is 3.22. The second kappa shape index (κ2) is 6.68. The fourth-order valence-electron chi connectivity index (χ4n) is 3.22. The standard InChI is InChI=1S/C23H20O3/c24-22(25)23(14-15-23)20-10-6-18(7-11-20)19-8-12-21(13-9-19)26-16-17-4-2-1-3-5-17/h1-13H,14-16H2,(H,24,25). The number of carbonyl (C=O) groups is 1. The lowest BCUT2D eigenvalue weighted by Gasteiger charge is -2.11. The van der Waals surface area contributed by atoms with Crippen molar-refractivity contribution in [2.24, 2.45) is 0 Å². The highest BCUT2D eigenvalue weighted by molar-refractivity contribution is 5.85. The molecule has 1 N–H and O–H groups in total. The molecular formula is C23H20O3. The van der Waals surface area contributed by atoms with Gasteiger partial charge in [-0.25, -0.2) is 0 Å². The van der Waals surface area contributed by atoms with Gasteiger partial charge in [0.15, 0.2) is 0 Å². The molecule has 130 valence electrons. The molecule has 0 saturated heterocycles. The highest BCUT2D eigenvalue weighted by Crippen LogP contribution is 2.48. The quantitative estimate of drug-likeness (QED) is 0.681. The van der Waals surface area contributed by atoms with Crippen LogP contribution in [0.4, 0.5) is 0 Å². The summed E-state index contributed by atoms with van der Waals surface area (Å²) in [5, 5.41) is 9.39. The zero-order valence-electron chi connectivity index (χ0n) is 14.4. The van der Waals surface area contributed by atoms with Gasteiger partial charge < -0.3 is 9.84 Å². The Morgan fingerprint density at radius 2 is 1.42 bits per heavy atom. The lowest BCUT2D eigenvalue weighted by molar-refractivity contribution is -0.140. The molecule has 0 unspecified atom stereocenters. The van der Waals surface area contributed by atoms with Crippen molar-refractivity contribution < 1.29 is 14.6 Å². The molecule has 0 amide bonds. The number of hydrogen-bond acceptors (Lipinski definition) is 2. The van der Waals surface area contributed by atoms with E-state index in [4.69, 9.17) is 4.74 Å². The number of aliphatic carboxylic acids is 1. The van der Waals surface area contributed by atoms with Crippen molar-refractivity contribution in [3.8, 4) is 16.9 Å². The van der Waals surface area contributed by atoms with Gasteiger partial charge in [-0.15, -0.1) is 0 Å². The van der Waals surface area contributed by atoms with Crippen molar-refractivity contribution in [2.45, 2.75) is 24.9 Å². The van der Waals surface area contributed by atoms with E-state index in [-0.39, 0.29) is 0 Å². The van der Waals surface area contributed by atoms with Gasteiger partial charge in [-0.3, -0.25) is 4.79 Å². The van der Waals surface area contributed by atoms with Crippen LogP contribution in [0.2, 0.25) is 0 Å². The molecule has 4 rings (SSSR count). The van der Waals surface area contributed by atoms with Crippen LogP contribution < -0.4 is 4.74 Å². The number of benzene rings is 3. The minimum Gasteiger partial charge on any atom is -0.489 e. The van der Waals surface area contributed by atoms with E-state index in [1.165, 1.54) is 0 Å². The molecule has 0 aromatic heterocycles. The Morgan fingerprint density at radius 1 is 0.846 bits per heavy atom. The van der Waals surface area contributed by atoms with E-state index in [1.54, 1.807) is 0 Å². The van der Waals surface area contributed by atoms with Gasteiger partial charge in [0.05, 0.1) is 5.41 Å². The molecule has 1 saturated carbocycles. The van der Waals surface area contributed by atoms with Crippen LogP contribution in [-0.4, -0.2) is 11.1 Å². The first-order valence-corrected chi connectivity index (χ1v) is 8.78. The third-order valence-electron chi connectivity index (χ3n) is 5.03. The van der Waals surface area contributed by atoms with Gasteiger partial charge in [0.2, 0.25) is 0 Å². The second-order valence-electron chi connectivity index (χ2n) is 6.76. The summed E-state index contributed by atoms with van der Waals surface area (Å²) in [4.78, 5) is 11.4. The summed E-state index contributed by atoms with van der Waals surface area (Å²) in [5.41, 5.74) is 3.55. The van der Waals surface area contributed by atoms with E-state index in [0.717, 1.165) is 40.8 Å². The fraction of sp³-hybridized carbons (Fsp3) is 0.174. The molecule has 3 nitrogen and oxygen atoms in total. The van der Waals surface area contributed by atoms with Gasteiger partial charge in [-0.2, -0.15) is 0 Å². The lowest BCUT2D eigenvalue weighted by atomic mass is 9.94. The van der Waals surface area contributed by atoms with Crippen LogP contribution in [0.3, 0.4) is 0 Å². The van der Waals surface area contributed by atoms with Gasteiger partial charge in [0.25, 0.3) is 0 Å². The monoisotopic (exact) mass is 344 g/mol. The van der Waals surface area contributed by atoms with E-state index in [2.05, 4.69) is 0 Å². The van der Waals surface area contributed by atoms with Gasteiger partial charge in [0.1, 0.15) is 12.4 Å². The molecule has 0 atom stereocenters. The summed E-state index contributed by atoms with van der Waals surface area (Å²) in [6, 6.07) is 25.9. The molecule has 3 aromatic rings. The lowest BCUT2D eigenvalue weighted by Crippen LogP contribution is -2.19. The van der Waals surface area contributed by atoms with Gasteiger partial charge in [0, 0.05) is 0 Å². The van der Waals surface area contributed by atoms with E-state index in [0.29, 0.717) is 6.61 Å². The predicted molar refractivity (Wildman–Crippen MR) is 101 cm³/mol. The maximum Gasteiger partial charge on any atom is 0.314 e. The molecule has 0 bridgehead atoms. The first-order valence-electron chi connectivity index (χ1n) is 8.78. The van der Waals surface area contributed by atoms with Crippen LogP contribution in [0.15, 0.2) is 78.9 Å². The third kappa shape index (κ3) is 3.21. The Labute approximate surface area is 152 Å². The summed E-state index contributed by atoms with van der Waals surface area (Å²) in [5.74, 6) is 0.113. The average molecular weight is 344 g/mol. The van der Waals surface area contributed by atoms with Crippen molar-refractivity contribution in [3.05, 3.63) is 90.0 Å². The maximum atomic E-state index is 11.4. The van der Waals surface area contributed by atoms with Crippen LogP contribution >= 0.6 is 0 Å². The molecule has 1 fully saturated rings. The van der Waals surface area contributed by atoms with E-state index in [9.17, 15) is 9.90 Å². The Balaban J connectivity index is 1.44. The molecule has 3 aromatic carbocycles. The molecule has 0 spiro atoms. The average Bonchev–Trinajstić information content (AvgIpc) is 3.50. The Kier molecular flexibility index (Phi) is 4.21. The van der Waals surface area contributed by atoms with E-state index < -0.39 is 11.4 Å². The highest BCUT2D eigenvalue weighted by Gasteiger charge is 2.51. The number of hydrogen-bond donors (Lipinski definition) is 1. The molecule has 0 radical (unpaired) electrons. The first kappa shape index (κ1) is 16.4. The zero-order chi connectivity index (χ0) is 18.0. The van der Waals surface area contributed by atoms with Crippen molar-refractivity contribution in [1.29, 1.82) is 0 Å².